The Morgan fingerprint density at radius 1 is 1.14 bits per heavy atom. The summed E-state index contributed by atoms with van der Waals surface area (Å²) in [6, 6.07) is 10.4. The van der Waals surface area contributed by atoms with Crippen LogP contribution in [0.3, 0.4) is 0 Å². The molecule has 4 N–H and O–H groups in total. The zero-order valence-corrected chi connectivity index (χ0v) is 14.1. The van der Waals surface area contributed by atoms with E-state index in [9.17, 15) is 9.36 Å². The number of hydrogen-bond donors (Lipinski definition) is 3. The number of rotatable bonds is 5. The van der Waals surface area contributed by atoms with Gasteiger partial charge in [0.2, 0.25) is 0 Å². The molecule has 0 saturated heterocycles. The van der Waals surface area contributed by atoms with Crippen LogP contribution in [0, 0.1) is 0 Å². The number of halogens is 1. The molecule has 1 heterocycles. The van der Waals surface area contributed by atoms with Crippen molar-refractivity contribution in [1.29, 1.82) is 0 Å². The number of carbonyl (C=O) groups is 1. The highest BCUT2D eigenvalue weighted by Crippen LogP contribution is 2.38. The summed E-state index contributed by atoms with van der Waals surface area (Å²) in [5.41, 5.74) is 7.20. The Bertz CT molecular complexity index is 700. The average molecular weight is 387 g/mol. The van der Waals surface area contributed by atoms with Crippen molar-refractivity contribution in [2.24, 2.45) is 5.73 Å². The van der Waals surface area contributed by atoms with Crippen LogP contribution >= 0.6 is 7.60 Å². The third-order valence-electron chi connectivity index (χ3n) is 2.92. The fourth-order valence-electron chi connectivity index (χ4n) is 1.96. The number of hydrogen-bond acceptors (Lipinski definition) is 2. The van der Waals surface area contributed by atoms with Crippen molar-refractivity contribution in [1.82, 2.24) is 0 Å². The van der Waals surface area contributed by atoms with Gasteiger partial charge in [-0.25, -0.2) is 0 Å². The van der Waals surface area contributed by atoms with E-state index in [1.807, 2.05) is 10.8 Å². The van der Waals surface area contributed by atoms with E-state index in [0.717, 1.165) is 5.56 Å². The second-order valence-corrected chi connectivity index (χ2v) is 6.41. The van der Waals surface area contributed by atoms with E-state index in [4.69, 9.17) is 15.5 Å². The van der Waals surface area contributed by atoms with Gasteiger partial charge in [-0.05, 0) is 11.6 Å². The molecule has 1 aromatic heterocycles. The van der Waals surface area contributed by atoms with Crippen molar-refractivity contribution in [3.63, 3.8) is 0 Å². The summed E-state index contributed by atoms with van der Waals surface area (Å²) in [4.78, 5) is 29.0. The number of primary amides is 1. The van der Waals surface area contributed by atoms with Crippen LogP contribution in [0.25, 0.3) is 0 Å². The standard InChI is InChI=1S/C14H15N2O4P.BrH/c15-14(17)13-2-1-7-16(9-13)8-11-3-5-12(6-4-11)10-21(18,19)20;/h1-7,9H,8,10H2,(H3-,15,17,18,19,20);1H. The molecule has 0 radical (unpaired) electrons. The van der Waals surface area contributed by atoms with Crippen molar-refractivity contribution in [2.75, 3.05) is 0 Å². The van der Waals surface area contributed by atoms with Crippen LogP contribution in [-0.2, 0) is 17.3 Å². The Morgan fingerprint density at radius 2 is 1.73 bits per heavy atom. The minimum absolute atomic E-state index is 0. The molecular formula is C14H16BrN2O4P. The van der Waals surface area contributed by atoms with Gasteiger partial charge in [-0.15, -0.1) is 0 Å². The molecule has 0 unspecified atom stereocenters. The van der Waals surface area contributed by atoms with Gasteiger partial charge in [-0.1, -0.05) is 24.3 Å². The first kappa shape index (κ1) is 18.5. The summed E-state index contributed by atoms with van der Waals surface area (Å²) in [6.45, 7) is 0.539. The minimum atomic E-state index is -4.04. The lowest BCUT2D eigenvalue weighted by molar-refractivity contribution is -0.688. The van der Waals surface area contributed by atoms with Crippen molar-refractivity contribution in [2.45, 2.75) is 12.7 Å². The van der Waals surface area contributed by atoms with Gasteiger partial charge in [-0.2, -0.15) is 4.57 Å². The molecule has 0 fully saturated rings. The van der Waals surface area contributed by atoms with Crippen molar-refractivity contribution < 1.29 is 40.7 Å². The molecule has 0 saturated carbocycles. The van der Waals surface area contributed by atoms with Gasteiger partial charge in [0, 0.05) is 11.6 Å². The van der Waals surface area contributed by atoms with E-state index >= 15 is 0 Å². The van der Waals surface area contributed by atoms with Crippen molar-refractivity contribution in [3.8, 4) is 0 Å². The quantitative estimate of drug-likeness (QED) is 0.400. The first-order chi connectivity index (χ1) is 9.83. The predicted molar refractivity (Wildman–Crippen MR) is 76.4 cm³/mol. The van der Waals surface area contributed by atoms with Gasteiger partial charge in [0.1, 0.15) is 5.56 Å². The maximum Gasteiger partial charge on any atom is 0.329 e. The molecule has 0 aliphatic rings. The lowest BCUT2D eigenvalue weighted by Crippen LogP contribution is -3.00. The molecule has 2 aromatic rings. The van der Waals surface area contributed by atoms with Gasteiger partial charge in [0.25, 0.3) is 5.91 Å². The summed E-state index contributed by atoms with van der Waals surface area (Å²) in [5, 5.41) is 0. The van der Waals surface area contributed by atoms with Gasteiger partial charge < -0.3 is 32.5 Å². The van der Waals surface area contributed by atoms with Gasteiger partial charge >= 0.3 is 7.60 Å². The summed E-state index contributed by atoms with van der Waals surface area (Å²) < 4.78 is 12.7. The van der Waals surface area contributed by atoms with Crippen LogP contribution < -0.4 is 27.3 Å². The fourth-order valence-corrected chi connectivity index (χ4v) is 2.65. The zero-order valence-electron chi connectivity index (χ0n) is 11.6. The van der Waals surface area contributed by atoms with E-state index < -0.39 is 13.5 Å². The van der Waals surface area contributed by atoms with E-state index in [1.54, 1.807) is 42.6 Å². The summed E-state index contributed by atoms with van der Waals surface area (Å²) in [5.74, 6) is -0.485. The van der Waals surface area contributed by atoms with E-state index in [-0.39, 0.29) is 23.1 Å². The van der Waals surface area contributed by atoms with E-state index in [0.29, 0.717) is 17.7 Å². The number of aromatic nitrogens is 1. The molecule has 0 atom stereocenters. The first-order valence-electron chi connectivity index (χ1n) is 6.25. The highest BCUT2D eigenvalue weighted by atomic mass is 79.9. The molecule has 0 spiro atoms. The zero-order chi connectivity index (χ0) is 15.5. The van der Waals surface area contributed by atoms with Crippen LogP contribution in [-0.4, -0.2) is 15.7 Å². The number of amides is 1. The van der Waals surface area contributed by atoms with Crippen LogP contribution in [0.2, 0.25) is 0 Å². The third-order valence-corrected chi connectivity index (χ3v) is 3.70. The molecule has 0 aliphatic heterocycles. The van der Waals surface area contributed by atoms with E-state index in [2.05, 4.69) is 0 Å². The second kappa shape index (κ2) is 7.65. The molecule has 118 valence electrons. The van der Waals surface area contributed by atoms with Gasteiger partial charge in [0.15, 0.2) is 18.9 Å². The first-order valence-corrected chi connectivity index (χ1v) is 8.04. The van der Waals surface area contributed by atoms with Crippen LogP contribution in [0.5, 0.6) is 0 Å². The smallest absolute Gasteiger partial charge is 0.329 e. The molecule has 0 bridgehead atoms. The molecule has 0 aliphatic carbocycles. The van der Waals surface area contributed by atoms with Gasteiger partial charge in [0.05, 0.1) is 6.16 Å². The minimum Gasteiger partial charge on any atom is -1.00 e. The van der Waals surface area contributed by atoms with Crippen LogP contribution in [0.1, 0.15) is 21.5 Å². The van der Waals surface area contributed by atoms with Crippen molar-refractivity contribution >= 4 is 13.5 Å². The van der Waals surface area contributed by atoms with Crippen molar-refractivity contribution in [3.05, 3.63) is 65.5 Å². The summed E-state index contributed by atoms with van der Waals surface area (Å²) in [7, 11) is -4.04. The Hall–Kier alpha value is -1.53. The Balaban J connectivity index is 0.00000242. The molecule has 8 heteroatoms. The average Bonchev–Trinajstić information content (AvgIpc) is 2.40. The number of pyridine rings is 1. The maximum absolute atomic E-state index is 11.1. The number of nitrogens with two attached hydrogens (primary N) is 1. The Morgan fingerprint density at radius 3 is 2.27 bits per heavy atom. The lowest BCUT2D eigenvalue weighted by Gasteiger charge is -2.04. The molecule has 2 rings (SSSR count). The number of carbonyl (C=O) groups excluding carboxylic acids is 1. The SMILES string of the molecule is NC(=O)c1ccc[n+](Cc2ccc(CP(=O)(O)O)cc2)c1.[Br-]. The molecule has 1 aromatic carbocycles. The number of benzene rings is 1. The Kier molecular flexibility index (Phi) is 6.44. The molecule has 6 nitrogen and oxygen atoms in total. The largest absolute Gasteiger partial charge is 1.00 e. The highest BCUT2D eigenvalue weighted by molar-refractivity contribution is 7.50. The van der Waals surface area contributed by atoms with Crippen LogP contribution in [0.4, 0.5) is 0 Å². The van der Waals surface area contributed by atoms with Crippen LogP contribution in [0.15, 0.2) is 48.8 Å². The summed E-state index contributed by atoms with van der Waals surface area (Å²) in [6.07, 6.45) is 3.21. The Labute approximate surface area is 138 Å². The highest BCUT2D eigenvalue weighted by Gasteiger charge is 2.14. The van der Waals surface area contributed by atoms with Gasteiger partial charge in [-0.3, -0.25) is 9.36 Å². The molecular weight excluding hydrogens is 371 g/mol. The monoisotopic (exact) mass is 386 g/mol. The maximum atomic E-state index is 11.1. The predicted octanol–water partition coefficient (Wildman–Crippen LogP) is -2.20. The fraction of sp³-hybridized carbons (Fsp3) is 0.143. The number of nitrogens with zero attached hydrogens (tertiary/aromatic N) is 1. The lowest BCUT2D eigenvalue weighted by atomic mass is 10.1. The summed E-state index contributed by atoms with van der Waals surface area (Å²) >= 11 is 0. The normalized spacial score (nSPS) is 10.8. The molecule has 1 amide bonds. The topological polar surface area (TPSA) is 105 Å². The van der Waals surface area contributed by atoms with E-state index in [1.165, 1.54) is 0 Å². The molecule has 22 heavy (non-hydrogen) atoms. The third kappa shape index (κ3) is 5.69. The second-order valence-electron chi connectivity index (χ2n) is 4.77.